The van der Waals surface area contributed by atoms with Gasteiger partial charge in [0.2, 0.25) is 5.91 Å². The summed E-state index contributed by atoms with van der Waals surface area (Å²) in [6.07, 6.45) is 5.00. The van der Waals surface area contributed by atoms with E-state index in [4.69, 9.17) is 5.73 Å². The third-order valence-corrected chi connectivity index (χ3v) is 6.68. The maximum absolute atomic E-state index is 11.3. The van der Waals surface area contributed by atoms with Crippen LogP contribution in [-0.4, -0.2) is 37.0 Å². The Bertz CT molecular complexity index is 813. The van der Waals surface area contributed by atoms with Gasteiger partial charge in [-0.05, 0) is 60.7 Å². The van der Waals surface area contributed by atoms with Crippen LogP contribution in [0.3, 0.4) is 0 Å². The molecule has 142 valence electrons. The minimum absolute atomic E-state index is 0.371. The molecule has 4 rings (SSSR count). The maximum Gasteiger partial charge on any atom is 0.248 e. The van der Waals surface area contributed by atoms with Gasteiger partial charge in [0.1, 0.15) is 0 Å². The number of primary amides is 1. The van der Waals surface area contributed by atoms with E-state index in [9.17, 15) is 4.79 Å². The Hall–Kier alpha value is -1.85. The molecule has 0 bridgehead atoms. The molecule has 2 aromatic rings. The second kappa shape index (κ2) is 8.03. The number of anilines is 1. The van der Waals surface area contributed by atoms with Gasteiger partial charge in [-0.1, -0.05) is 34.5 Å². The number of benzene rings is 2. The Balaban J connectivity index is 1.46. The van der Waals surface area contributed by atoms with Crippen molar-refractivity contribution < 1.29 is 4.79 Å². The molecule has 1 aliphatic carbocycles. The number of amides is 1. The molecule has 4 nitrogen and oxygen atoms in total. The number of piperazine rings is 1. The van der Waals surface area contributed by atoms with Gasteiger partial charge in [0.25, 0.3) is 0 Å². The van der Waals surface area contributed by atoms with Gasteiger partial charge in [0, 0.05) is 47.9 Å². The van der Waals surface area contributed by atoms with Crippen LogP contribution in [0, 0.1) is 0 Å². The first-order chi connectivity index (χ1) is 13.1. The number of rotatable bonds is 3. The molecule has 0 radical (unpaired) electrons. The first kappa shape index (κ1) is 18.5. The summed E-state index contributed by atoms with van der Waals surface area (Å²) in [4.78, 5) is 16.3. The fourth-order valence-electron chi connectivity index (χ4n) is 4.45. The summed E-state index contributed by atoms with van der Waals surface area (Å²) in [5.41, 5.74) is 10.1. The fourth-order valence-corrected chi connectivity index (χ4v) is 5.03. The van der Waals surface area contributed by atoms with Crippen LogP contribution in [0.15, 0.2) is 46.9 Å². The average Bonchev–Trinajstić information content (AvgIpc) is 2.92. The van der Waals surface area contributed by atoms with Gasteiger partial charge in [-0.3, -0.25) is 9.69 Å². The first-order valence-corrected chi connectivity index (χ1v) is 10.6. The summed E-state index contributed by atoms with van der Waals surface area (Å²) in [6.45, 7) is 4.15. The highest BCUT2D eigenvalue weighted by Crippen LogP contribution is 2.37. The zero-order chi connectivity index (χ0) is 18.8. The highest BCUT2D eigenvalue weighted by atomic mass is 79.9. The van der Waals surface area contributed by atoms with Crippen LogP contribution in [0.4, 0.5) is 5.69 Å². The minimum atomic E-state index is -0.371. The zero-order valence-corrected chi connectivity index (χ0v) is 17.1. The predicted molar refractivity (Wildman–Crippen MR) is 113 cm³/mol. The molecule has 0 saturated carbocycles. The molecule has 2 aromatic carbocycles. The maximum atomic E-state index is 11.3. The summed E-state index contributed by atoms with van der Waals surface area (Å²) in [5, 5.41) is 0. The van der Waals surface area contributed by atoms with E-state index in [1.54, 1.807) is 0 Å². The van der Waals surface area contributed by atoms with Crippen molar-refractivity contribution in [3.8, 4) is 0 Å². The first-order valence-electron chi connectivity index (χ1n) is 9.79. The number of carbonyl (C=O) groups is 1. The third-order valence-electron chi connectivity index (χ3n) is 5.94. The summed E-state index contributed by atoms with van der Waals surface area (Å²) in [7, 11) is 0. The van der Waals surface area contributed by atoms with Crippen LogP contribution < -0.4 is 10.6 Å². The van der Waals surface area contributed by atoms with E-state index in [1.807, 2.05) is 24.3 Å². The number of carbonyl (C=O) groups excluding carboxylic acids is 1. The van der Waals surface area contributed by atoms with Crippen molar-refractivity contribution in [1.82, 2.24) is 4.90 Å². The van der Waals surface area contributed by atoms with Gasteiger partial charge in [0.15, 0.2) is 0 Å². The van der Waals surface area contributed by atoms with Crippen LogP contribution in [-0.2, 0) is 6.42 Å². The fraction of sp³-hybridized carbons (Fsp3) is 0.409. The van der Waals surface area contributed by atoms with Crippen molar-refractivity contribution in [3.05, 3.63) is 63.6 Å². The van der Waals surface area contributed by atoms with Crippen LogP contribution in [0.1, 0.15) is 46.8 Å². The average molecular weight is 428 g/mol. The molecule has 1 amide bonds. The van der Waals surface area contributed by atoms with E-state index in [0.29, 0.717) is 11.6 Å². The Morgan fingerprint density at radius 1 is 1.00 bits per heavy atom. The van der Waals surface area contributed by atoms with E-state index in [1.165, 1.54) is 47.0 Å². The van der Waals surface area contributed by atoms with Crippen molar-refractivity contribution in [2.45, 2.75) is 31.7 Å². The van der Waals surface area contributed by atoms with Gasteiger partial charge in [-0.2, -0.15) is 0 Å². The number of nitrogens with zero attached hydrogens (tertiary/aromatic N) is 2. The van der Waals surface area contributed by atoms with E-state index >= 15 is 0 Å². The Morgan fingerprint density at radius 3 is 2.44 bits per heavy atom. The highest BCUT2D eigenvalue weighted by molar-refractivity contribution is 9.10. The molecule has 0 spiro atoms. The highest BCUT2D eigenvalue weighted by Gasteiger charge is 2.28. The number of nitrogens with two attached hydrogens (primary N) is 1. The van der Waals surface area contributed by atoms with Gasteiger partial charge in [0.05, 0.1) is 0 Å². The lowest BCUT2D eigenvalue weighted by Gasteiger charge is -2.40. The molecule has 1 fully saturated rings. The number of hydrogen-bond donors (Lipinski definition) is 1. The second-order valence-electron chi connectivity index (χ2n) is 7.50. The van der Waals surface area contributed by atoms with Crippen LogP contribution in [0.5, 0.6) is 0 Å². The molecule has 1 saturated heterocycles. The Labute approximate surface area is 169 Å². The number of hydrogen-bond acceptors (Lipinski definition) is 3. The van der Waals surface area contributed by atoms with Crippen molar-refractivity contribution in [2.24, 2.45) is 5.73 Å². The molecule has 1 atom stereocenters. The molecule has 1 unspecified atom stereocenters. The molecular formula is C22H26BrN3O. The topological polar surface area (TPSA) is 49.6 Å². The van der Waals surface area contributed by atoms with E-state index < -0.39 is 0 Å². The largest absolute Gasteiger partial charge is 0.369 e. The molecule has 5 heteroatoms. The SMILES string of the molecule is NC(=O)c1ccc(N2CCN(C3CCCCc4c(Br)cccc43)CC2)cc1. The van der Waals surface area contributed by atoms with Gasteiger partial charge in [-0.25, -0.2) is 0 Å². The molecule has 27 heavy (non-hydrogen) atoms. The van der Waals surface area contributed by atoms with Crippen LogP contribution in [0.25, 0.3) is 0 Å². The summed E-state index contributed by atoms with van der Waals surface area (Å²) < 4.78 is 1.26. The lowest BCUT2D eigenvalue weighted by atomic mass is 9.97. The predicted octanol–water partition coefficient (Wildman–Crippen LogP) is 4.14. The van der Waals surface area contributed by atoms with Gasteiger partial charge in [-0.15, -0.1) is 0 Å². The molecule has 0 aromatic heterocycles. The number of fused-ring (bicyclic) bond motifs is 1. The quantitative estimate of drug-likeness (QED) is 0.748. The van der Waals surface area contributed by atoms with Crippen LogP contribution >= 0.6 is 15.9 Å². The van der Waals surface area contributed by atoms with Gasteiger partial charge < -0.3 is 10.6 Å². The molecule has 1 aliphatic heterocycles. The molecule has 2 aliphatic rings. The molecule has 1 heterocycles. The zero-order valence-electron chi connectivity index (χ0n) is 15.5. The Morgan fingerprint density at radius 2 is 1.74 bits per heavy atom. The molecular weight excluding hydrogens is 402 g/mol. The number of halogens is 1. The minimum Gasteiger partial charge on any atom is -0.369 e. The second-order valence-corrected chi connectivity index (χ2v) is 8.36. The van der Waals surface area contributed by atoms with Crippen LogP contribution in [0.2, 0.25) is 0 Å². The van der Waals surface area contributed by atoms with E-state index in [2.05, 4.69) is 43.9 Å². The van der Waals surface area contributed by atoms with E-state index in [-0.39, 0.29) is 5.91 Å². The third kappa shape index (κ3) is 3.90. The van der Waals surface area contributed by atoms with Crippen molar-refractivity contribution in [3.63, 3.8) is 0 Å². The van der Waals surface area contributed by atoms with Crippen molar-refractivity contribution >= 4 is 27.5 Å². The lowest BCUT2D eigenvalue weighted by Crippen LogP contribution is -2.47. The normalized spacial score (nSPS) is 20.8. The van der Waals surface area contributed by atoms with E-state index in [0.717, 1.165) is 26.2 Å². The molecule has 2 N–H and O–H groups in total. The smallest absolute Gasteiger partial charge is 0.248 e. The summed E-state index contributed by atoms with van der Waals surface area (Å²) >= 11 is 3.76. The van der Waals surface area contributed by atoms with Crippen molar-refractivity contribution in [1.29, 1.82) is 0 Å². The standard InChI is InChI=1S/C22H26BrN3O/c23-20-6-3-5-19-18(20)4-1-2-7-21(19)26-14-12-25(13-15-26)17-10-8-16(9-11-17)22(24)27/h3,5-6,8-11,21H,1-2,4,7,12-15H2,(H2,24,27). The monoisotopic (exact) mass is 427 g/mol. The Kier molecular flexibility index (Phi) is 5.50. The summed E-state index contributed by atoms with van der Waals surface area (Å²) in [6, 6.07) is 14.9. The lowest BCUT2D eigenvalue weighted by molar-refractivity contribution is 0.100. The summed E-state index contributed by atoms with van der Waals surface area (Å²) in [5.74, 6) is -0.371. The van der Waals surface area contributed by atoms with Crippen molar-refractivity contribution in [2.75, 3.05) is 31.1 Å². The van der Waals surface area contributed by atoms with Gasteiger partial charge >= 0.3 is 0 Å².